The highest BCUT2D eigenvalue weighted by Gasteiger charge is 2.15. The molecule has 0 aromatic heterocycles. The molecule has 1 rings (SSSR count). The number of aliphatic hydroxyl groups excluding tert-OH is 1. The summed E-state index contributed by atoms with van der Waals surface area (Å²) < 4.78 is 5.37. The Morgan fingerprint density at radius 3 is 2.40 bits per heavy atom. The monoisotopic (exact) mass is 300 g/mol. The molecule has 0 aliphatic heterocycles. The van der Waals surface area contributed by atoms with Gasteiger partial charge in [0.15, 0.2) is 0 Å². The van der Waals surface area contributed by atoms with E-state index in [9.17, 15) is 4.79 Å². The molecule has 6 heteroatoms. The van der Waals surface area contributed by atoms with Crippen LogP contribution in [-0.4, -0.2) is 35.6 Å². The molecule has 0 aliphatic carbocycles. The number of hydrogen-bond donors (Lipinski definition) is 2. The van der Waals surface area contributed by atoms with Gasteiger partial charge in [0.05, 0.1) is 11.8 Å². The molecule has 0 heterocycles. The second-order valence-corrected chi connectivity index (χ2v) is 5.07. The topological polar surface area (TPSA) is 61.8 Å². The predicted octanol–water partition coefficient (Wildman–Crippen LogP) is 1.93. The van der Waals surface area contributed by atoms with Crippen LogP contribution >= 0.6 is 11.6 Å². The van der Waals surface area contributed by atoms with E-state index in [-0.39, 0.29) is 24.4 Å². The lowest BCUT2D eigenvalue weighted by Crippen LogP contribution is -2.47. The number of carbonyl (C=O) groups excluding carboxylic acids is 1. The van der Waals surface area contributed by atoms with Gasteiger partial charge >= 0.3 is 0 Å². The van der Waals surface area contributed by atoms with E-state index in [0.717, 1.165) is 0 Å². The zero-order valence-electron chi connectivity index (χ0n) is 12.0. The van der Waals surface area contributed by atoms with E-state index in [1.54, 1.807) is 31.2 Å². The molecule has 20 heavy (non-hydrogen) atoms. The molecule has 0 saturated heterocycles. The van der Waals surface area contributed by atoms with Gasteiger partial charge in [-0.15, -0.1) is 11.6 Å². The Kier molecular flexibility index (Phi) is 6.78. The lowest BCUT2D eigenvalue weighted by molar-refractivity contribution is -0.117. The minimum Gasteiger partial charge on any atom is -0.491 e. The Hall–Kier alpha value is -1.30. The molecule has 0 saturated carbocycles. The fourth-order valence-electron chi connectivity index (χ4n) is 1.52. The van der Waals surface area contributed by atoms with Gasteiger partial charge in [0.2, 0.25) is 0 Å². The molecule has 0 spiro atoms. The molecule has 112 valence electrons. The number of rotatable bonds is 7. The molecule has 1 aromatic rings. The highest BCUT2D eigenvalue weighted by atomic mass is 35.5. The predicted molar refractivity (Wildman–Crippen MR) is 80.1 cm³/mol. The third kappa shape index (κ3) is 5.36. The summed E-state index contributed by atoms with van der Waals surface area (Å²) in [4.78, 5) is 11.8. The smallest absolute Gasteiger partial charge is 0.256 e. The summed E-state index contributed by atoms with van der Waals surface area (Å²) in [5.74, 6) is 0.315. The second-order valence-electron chi connectivity index (χ2n) is 4.80. The molecule has 1 aromatic carbocycles. The van der Waals surface area contributed by atoms with E-state index in [0.29, 0.717) is 11.4 Å². The maximum Gasteiger partial charge on any atom is 0.256 e. The molecule has 1 unspecified atom stereocenters. The molecule has 2 N–H and O–H groups in total. The average Bonchev–Trinajstić information content (AvgIpc) is 2.42. The number of amides is 1. The van der Waals surface area contributed by atoms with Crippen LogP contribution in [0.4, 0.5) is 5.69 Å². The zero-order valence-corrected chi connectivity index (χ0v) is 12.7. The van der Waals surface area contributed by atoms with Gasteiger partial charge in [0.1, 0.15) is 18.2 Å². The van der Waals surface area contributed by atoms with Crippen LogP contribution in [-0.2, 0) is 4.79 Å². The van der Waals surface area contributed by atoms with Gasteiger partial charge in [0.25, 0.3) is 5.91 Å². The number of benzene rings is 1. The normalized spacial score (nSPS) is 12.3. The Morgan fingerprint density at radius 1 is 1.35 bits per heavy atom. The number of anilines is 1. The largest absolute Gasteiger partial charge is 0.491 e. The molecular formula is C14H21ClN2O3. The van der Waals surface area contributed by atoms with Crippen molar-refractivity contribution in [3.05, 3.63) is 24.3 Å². The summed E-state index contributed by atoms with van der Waals surface area (Å²) in [6.45, 7) is 5.76. The Labute approximate surface area is 124 Å². The van der Waals surface area contributed by atoms with Gasteiger partial charge in [-0.25, -0.2) is 10.4 Å². The number of nitrogens with zero attached hydrogens (tertiary/aromatic N) is 1. The number of hydrogen-bond acceptors (Lipinski definition) is 4. The SMILES string of the molecule is CC(O)COc1ccc(N(NC(C)C)C(=O)CCl)cc1. The number of aliphatic hydroxyl groups is 1. The van der Waals surface area contributed by atoms with Crippen LogP contribution in [0.2, 0.25) is 0 Å². The maximum atomic E-state index is 11.8. The van der Waals surface area contributed by atoms with Gasteiger partial charge in [-0.1, -0.05) is 0 Å². The lowest BCUT2D eigenvalue weighted by Gasteiger charge is -2.25. The Morgan fingerprint density at radius 2 is 1.95 bits per heavy atom. The third-order valence-electron chi connectivity index (χ3n) is 2.34. The molecule has 1 amide bonds. The third-order valence-corrected chi connectivity index (χ3v) is 2.57. The quantitative estimate of drug-likeness (QED) is 0.597. The minimum absolute atomic E-state index is 0.0972. The maximum absolute atomic E-state index is 11.8. The Bertz CT molecular complexity index is 421. The van der Waals surface area contributed by atoms with Crippen LogP contribution in [0, 0.1) is 0 Å². The van der Waals surface area contributed by atoms with Crippen molar-refractivity contribution >= 4 is 23.2 Å². The molecule has 0 aliphatic rings. The van der Waals surface area contributed by atoms with Crippen molar-refractivity contribution in [3.8, 4) is 5.75 Å². The summed E-state index contributed by atoms with van der Waals surface area (Å²) in [6, 6.07) is 7.12. The summed E-state index contributed by atoms with van der Waals surface area (Å²) in [6.07, 6.45) is -0.522. The number of carbonyl (C=O) groups is 1. The van der Waals surface area contributed by atoms with Crippen LogP contribution in [0.25, 0.3) is 0 Å². The van der Waals surface area contributed by atoms with Gasteiger partial charge in [-0.3, -0.25) is 4.79 Å². The number of ether oxygens (including phenoxy) is 1. The van der Waals surface area contributed by atoms with Gasteiger partial charge in [-0.2, -0.15) is 0 Å². The first-order chi connectivity index (χ1) is 9.43. The van der Waals surface area contributed by atoms with Crippen LogP contribution in [0.1, 0.15) is 20.8 Å². The summed E-state index contributed by atoms with van der Waals surface area (Å²) >= 11 is 5.61. The van der Waals surface area contributed by atoms with E-state index in [1.165, 1.54) is 5.01 Å². The highest BCUT2D eigenvalue weighted by Crippen LogP contribution is 2.19. The summed E-state index contributed by atoms with van der Waals surface area (Å²) in [5.41, 5.74) is 3.72. The number of hydrazine groups is 1. The average molecular weight is 301 g/mol. The lowest BCUT2D eigenvalue weighted by atomic mass is 10.3. The molecule has 0 radical (unpaired) electrons. The molecule has 1 atom stereocenters. The standard InChI is InChI=1S/C14H21ClN2O3/c1-10(2)16-17(14(19)8-15)12-4-6-13(7-5-12)20-9-11(3)18/h4-7,10-11,16,18H,8-9H2,1-3H3. The van der Waals surface area contributed by atoms with E-state index < -0.39 is 6.10 Å². The molecular weight excluding hydrogens is 280 g/mol. The minimum atomic E-state index is -0.522. The number of halogens is 1. The fourth-order valence-corrected chi connectivity index (χ4v) is 1.64. The molecule has 5 nitrogen and oxygen atoms in total. The van der Waals surface area contributed by atoms with E-state index in [2.05, 4.69) is 5.43 Å². The van der Waals surface area contributed by atoms with E-state index >= 15 is 0 Å². The van der Waals surface area contributed by atoms with Crippen LogP contribution < -0.4 is 15.2 Å². The number of nitrogens with one attached hydrogen (secondary N) is 1. The first-order valence-electron chi connectivity index (χ1n) is 6.50. The van der Waals surface area contributed by atoms with Crippen molar-refractivity contribution in [2.24, 2.45) is 0 Å². The zero-order chi connectivity index (χ0) is 15.1. The van der Waals surface area contributed by atoms with Crippen molar-refractivity contribution in [1.82, 2.24) is 5.43 Å². The van der Waals surface area contributed by atoms with Crippen LogP contribution in [0.15, 0.2) is 24.3 Å². The van der Waals surface area contributed by atoms with Crippen LogP contribution in [0.5, 0.6) is 5.75 Å². The fraction of sp³-hybridized carbons (Fsp3) is 0.500. The van der Waals surface area contributed by atoms with E-state index in [1.807, 2.05) is 13.8 Å². The number of alkyl halides is 1. The van der Waals surface area contributed by atoms with Gasteiger partial charge in [-0.05, 0) is 45.0 Å². The van der Waals surface area contributed by atoms with Gasteiger partial charge in [0, 0.05) is 6.04 Å². The first kappa shape index (κ1) is 16.8. The molecule has 0 fully saturated rings. The summed E-state index contributed by atoms with van der Waals surface area (Å²) in [5, 5.41) is 10.6. The van der Waals surface area contributed by atoms with Crippen molar-refractivity contribution in [3.63, 3.8) is 0 Å². The van der Waals surface area contributed by atoms with Crippen molar-refractivity contribution in [2.45, 2.75) is 32.9 Å². The van der Waals surface area contributed by atoms with Gasteiger partial charge < -0.3 is 9.84 Å². The van der Waals surface area contributed by atoms with E-state index in [4.69, 9.17) is 21.4 Å². The van der Waals surface area contributed by atoms with Crippen molar-refractivity contribution in [2.75, 3.05) is 17.5 Å². The Balaban J connectivity index is 2.79. The van der Waals surface area contributed by atoms with Crippen LogP contribution in [0.3, 0.4) is 0 Å². The van der Waals surface area contributed by atoms with Crippen molar-refractivity contribution in [1.29, 1.82) is 0 Å². The van der Waals surface area contributed by atoms with Crippen molar-refractivity contribution < 1.29 is 14.6 Å². The second kappa shape index (κ2) is 8.09. The highest BCUT2D eigenvalue weighted by molar-refractivity contribution is 6.29. The molecule has 0 bridgehead atoms. The first-order valence-corrected chi connectivity index (χ1v) is 7.03. The summed E-state index contributed by atoms with van der Waals surface area (Å²) in [7, 11) is 0.